The van der Waals surface area contributed by atoms with Gasteiger partial charge in [-0.25, -0.2) is 14.8 Å². The molecular formula is C29H39N7O4S. The number of nitrogens with two attached hydrogens (primary N) is 2. The molecule has 3 aromatic rings. The number of carboxylic acids is 1. The molecule has 4 rings (SSSR count). The Morgan fingerprint density at radius 1 is 1.15 bits per heavy atom. The molecule has 0 saturated carbocycles. The standard InChI is InChI=1S/C29H39N7O4S/c1-19(2)23-18-41-25(32-23)8-6-20-10-12-36-24(17-20)33-27(21(28(36)39)7-9-26(37)38)34-13-15-35(16-14-34)29(40)22(31)5-3-4-11-30/h7,9-10,12,17-19,22H,3-6,8,11,13-16,30-31H2,1-2H3,(H,37,38)/b9-7+. The average Bonchev–Trinajstić information content (AvgIpc) is 3.45. The second-order valence-electron chi connectivity index (χ2n) is 10.6. The highest BCUT2D eigenvalue weighted by molar-refractivity contribution is 7.09. The number of pyridine rings is 1. The molecule has 1 saturated heterocycles. The Bertz CT molecular complexity index is 1460. The summed E-state index contributed by atoms with van der Waals surface area (Å²) in [6.45, 7) is 6.57. The van der Waals surface area contributed by atoms with E-state index >= 15 is 0 Å². The summed E-state index contributed by atoms with van der Waals surface area (Å²) in [5, 5.41) is 12.4. The van der Waals surface area contributed by atoms with Gasteiger partial charge in [-0.1, -0.05) is 20.3 Å². The minimum Gasteiger partial charge on any atom is -0.478 e. The van der Waals surface area contributed by atoms with E-state index in [1.54, 1.807) is 22.4 Å². The summed E-state index contributed by atoms with van der Waals surface area (Å²) in [6, 6.07) is 3.22. The number of aryl methyl sites for hydroxylation is 2. The summed E-state index contributed by atoms with van der Waals surface area (Å²) in [7, 11) is 0. The van der Waals surface area contributed by atoms with Crippen molar-refractivity contribution in [3.05, 3.63) is 62.0 Å². The van der Waals surface area contributed by atoms with Crippen LogP contribution in [0.2, 0.25) is 0 Å². The van der Waals surface area contributed by atoms with Crippen molar-refractivity contribution in [1.29, 1.82) is 0 Å². The molecule has 0 radical (unpaired) electrons. The summed E-state index contributed by atoms with van der Waals surface area (Å²) in [4.78, 5) is 50.9. The van der Waals surface area contributed by atoms with Crippen molar-refractivity contribution < 1.29 is 14.7 Å². The summed E-state index contributed by atoms with van der Waals surface area (Å²) in [5.74, 6) is -0.453. The van der Waals surface area contributed by atoms with E-state index in [9.17, 15) is 19.5 Å². The quantitative estimate of drug-likeness (QED) is 0.215. The van der Waals surface area contributed by atoms with E-state index in [-0.39, 0.29) is 17.0 Å². The Kier molecular flexibility index (Phi) is 10.2. The Labute approximate surface area is 243 Å². The number of aliphatic carboxylic acids is 1. The van der Waals surface area contributed by atoms with E-state index in [1.807, 2.05) is 17.0 Å². The molecule has 0 aliphatic carbocycles. The Balaban J connectivity index is 1.56. The average molecular weight is 582 g/mol. The van der Waals surface area contributed by atoms with Crippen LogP contribution in [-0.4, -0.2) is 75.0 Å². The maximum atomic E-state index is 13.5. The number of hydrogen-bond donors (Lipinski definition) is 3. The summed E-state index contributed by atoms with van der Waals surface area (Å²) >= 11 is 1.66. The van der Waals surface area contributed by atoms with Crippen molar-refractivity contribution in [1.82, 2.24) is 19.3 Å². The van der Waals surface area contributed by atoms with Gasteiger partial charge in [0.15, 0.2) is 0 Å². The topological polar surface area (TPSA) is 160 Å². The highest BCUT2D eigenvalue weighted by Crippen LogP contribution is 2.22. The van der Waals surface area contributed by atoms with Gasteiger partial charge in [0.25, 0.3) is 5.56 Å². The number of anilines is 1. The van der Waals surface area contributed by atoms with E-state index in [0.717, 1.165) is 48.0 Å². The first kappa shape index (κ1) is 30.4. The number of nitrogens with zero attached hydrogens (tertiary/aromatic N) is 5. The van der Waals surface area contributed by atoms with Crippen LogP contribution >= 0.6 is 11.3 Å². The molecule has 220 valence electrons. The molecule has 41 heavy (non-hydrogen) atoms. The number of aromatic nitrogens is 3. The SMILES string of the molecule is CC(C)c1csc(CCc2ccn3c(=O)c(/C=C/C(=O)O)c(N4CCN(C(=O)C(N)CCCCN)CC4)nc3c2)n1. The molecule has 12 heteroatoms. The molecule has 4 heterocycles. The molecule has 11 nitrogen and oxygen atoms in total. The lowest BCUT2D eigenvalue weighted by molar-refractivity contribution is -0.133. The van der Waals surface area contributed by atoms with Crippen LogP contribution in [0.15, 0.2) is 34.6 Å². The van der Waals surface area contributed by atoms with Gasteiger partial charge in [0.05, 0.1) is 22.3 Å². The third-order valence-electron chi connectivity index (χ3n) is 7.27. The fourth-order valence-corrected chi connectivity index (χ4v) is 5.80. The van der Waals surface area contributed by atoms with Gasteiger partial charge in [-0.2, -0.15) is 0 Å². The largest absolute Gasteiger partial charge is 0.478 e. The molecule has 0 aromatic carbocycles. The van der Waals surface area contributed by atoms with E-state index in [2.05, 4.69) is 19.2 Å². The number of carbonyl (C=O) groups is 2. The van der Waals surface area contributed by atoms with E-state index in [4.69, 9.17) is 21.4 Å². The van der Waals surface area contributed by atoms with Gasteiger partial charge in [-0.05, 0) is 55.5 Å². The predicted octanol–water partition coefficient (Wildman–Crippen LogP) is 2.26. The number of carboxylic acid groups (broad SMARTS) is 1. The summed E-state index contributed by atoms with van der Waals surface area (Å²) in [5.41, 5.74) is 14.1. The maximum Gasteiger partial charge on any atom is 0.328 e. The molecule has 1 atom stereocenters. The third kappa shape index (κ3) is 7.57. The Morgan fingerprint density at radius 3 is 2.56 bits per heavy atom. The highest BCUT2D eigenvalue weighted by atomic mass is 32.1. The molecule has 5 N–H and O–H groups in total. The van der Waals surface area contributed by atoms with Gasteiger partial charge < -0.3 is 26.4 Å². The van der Waals surface area contributed by atoms with Crippen LogP contribution in [-0.2, 0) is 22.4 Å². The van der Waals surface area contributed by atoms with Crippen LogP contribution in [0.5, 0.6) is 0 Å². The lowest BCUT2D eigenvalue weighted by atomic mass is 10.1. The number of hydrogen-bond acceptors (Lipinski definition) is 9. The number of piperazine rings is 1. The zero-order chi connectivity index (χ0) is 29.5. The van der Waals surface area contributed by atoms with Gasteiger partial charge in [-0.3, -0.25) is 14.0 Å². The first-order chi connectivity index (χ1) is 19.7. The van der Waals surface area contributed by atoms with Crippen molar-refractivity contribution in [3.8, 4) is 0 Å². The van der Waals surface area contributed by atoms with Crippen LogP contribution in [0, 0.1) is 0 Å². The summed E-state index contributed by atoms with van der Waals surface area (Å²) < 4.78 is 1.44. The molecule has 1 aliphatic rings. The van der Waals surface area contributed by atoms with E-state index in [1.165, 1.54) is 10.5 Å². The maximum absolute atomic E-state index is 13.5. The number of thiazole rings is 1. The van der Waals surface area contributed by atoms with Gasteiger partial charge in [0, 0.05) is 50.3 Å². The van der Waals surface area contributed by atoms with E-state index < -0.39 is 12.0 Å². The van der Waals surface area contributed by atoms with Gasteiger partial charge in [0.2, 0.25) is 5.91 Å². The number of unbranched alkanes of at least 4 members (excludes halogenated alkanes) is 1. The number of rotatable bonds is 12. The van der Waals surface area contributed by atoms with Crippen molar-refractivity contribution >= 4 is 40.8 Å². The van der Waals surface area contributed by atoms with Crippen LogP contribution < -0.4 is 21.9 Å². The molecule has 1 unspecified atom stereocenters. The zero-order valence-corrected chi connectivity index (χ0v) is 24.5. The van der Waals surface area contributed by atoms with Crippen LogP contribution in [0.4, 0.5) is 5.82 Å². The van der Waals surface area contributed by atoms with Gasteiger partial charge in [0.1, 0.15) is 11.5 Å². The summed E-state index contributed by atoms with van der Waals surface area (Å²) in [6.07, 6.45) is 7.69. The first-order valence-corrected chi connectivity index (χ1v) is 15.0. The fraction of sp³-hybridized carbons (Fsp3) is 0.483. The van der Waals surface area contributed by atoms with Crippen LogP contribution in [0.1, 0.15) is 60.9 Å². The lowest BCUT2D eigenvalue weighted by Crippen LogP contribution is -2.53. The number of carbonyl (C=O) groups excluding carboxylic acids is 1. The third-order valence-corrected chi connectivity index (χ3v) is 8.19. The van der Waals surface area contributed by atoms with Crippen LogP contribution in [0.25, 0.3) is 11.7 Å². The number of fused-ring (bicyclic) bond motifs is 1. The van der Waals surface area contributed by atoms with Gasteiger partial charge >= 0.3 is 5.97 Å². The molecule has 1 amide bonds. The molecule has 1 fully saturated rings. The predicted molar refractivity (Wildman–Crippen MR) is 161 cm³/mol. The minimum absolute atomic E-state index is 0.0930. The lowest BCUT2D eigenvalue weighted by Gasteiger charge is -2.37. The Hall–Kier alpha value is -3.61. The number of amides is 1. The van der Waals surface area contributed by atoms with Crippen molar-refractivity contribution in [2.24, 2.45) is 11.5 Å². The first-order valence-electron chi connectivity index (χ1n) is 14.1. The second-order valence-corrected chi connectivity index (χ2v) is 11.6. The van der Waals surface area contributed by atoms with Crippen molar-refractivity contribution in [3.63, 3.8) is 0 Å². The minimum atomic E-state index is -1.15. The molecule has 0 bridgehead atoms. The fourth-order valence-electron chi connectivity index (χ4n) is 4.84. The highest BCUT2D eigenvalue weighted by Gasteiger charge is 2.27. The van der Waals surface area contributed by atoms with Crippen molar-refractivity contribution in [2.75, 3.05) is 37.6 Å². The monoisotopic (exact) mass is 581 g/mol. The molecule has 3 aromatic heterocycles. The molecule has 0 spiro atoms. The zero-order valence-electron chi connectivity index (χ0n) is 23.7. The van der Waals surface area contributed by atoms with Gasteiger partial charge in [-0.15, -0.1) is 11.3 Å². The van der Waals surface area contributed by atoms with E-state index in [0.29, 0.717) is 56.5 Å². The molecular weight excluding hydrogens is 542 g/mol. The second kappa shape index (κ2) is 13.8. The molecule has 1 aliphatic heterocycles. The Morgan fingerprint density at radius 2 is 1.90 bits per heavy atom. The van der Waals surface area contributed by atoms with Crippen LogP contribution in [0.3, 0.4) is 0 Å². The normalized spacial score (nSPS) is 14.9. The smallest absolute Gasteiger partial charge is 0.328 e. The van der Waals surface area contributed by atoms with Crippen molar-refractivity contribution in [2.45, 2.75) is 57.9 Å².